The monoisotopic (exact) mass is 272 g/mol. The molecular weight excluding hydrogens is 256 g/mol. The molecule has 0 aliphatic rings. The van der Waals surface area contributed by atoms with E-state index in [1.165, 1.54) is 35.5 Å². The van der Waals surface area contributed by atoms with Gasteiger partial charge >= 0.3 is 0 Å². The number of rotatable bonds is 6. The van der Waals surface area contributed by atoms with Crippen LogP contribution >= 0.6 is 27.7 Å². The van der Waals surface area contributed by atoms with Crippen molar-refractivity contribution in [2.24, 2.45) is 0 Å². The van der Waals surface area contributed by atoms with Crippen molar-refractivity contribution >= 4 is 27.7 Å². The van der Waals surface area contributed by atoms with Crippen LogP contribution in [0.4, 0.5) is 0 Å². The zero-order valence-corrected chi connectivity index (χ0v) is 11.0. The number of aryl methyl sites for hydroxylation is 1. The topological polar surface area (TPSA) is 0 Å². The number of alkyl halides is 1. The molecule has 0 saturated carbocycles. The molecule has 0 heterocycles. The van der Waals surface area contributed by atoms with Gasteiger partial charge in [-0.25, -0.2) is 0 Å². The highest BCUT2D eigenvalue weighted by molar-refractivity contribution is 9.09. The number of hydrogen-bond donors (Lipinski definition) is 0. The van der Waals surface area contributed by atoms with Gasteiger partial charge in [-0.1, -0.05) is 40.5 Å². The first-order valence-electron chi connectivity index (χ1n) is 5.09. The van der Waals surface area contributed by atoms with E-state index < -0.39 is 0 Å². The quantitative estimate of drug-likeness (QED) is 0.413. The highest BCUT2D eigenvalue weighted by atomic mass is 79.9. The minimum absolute atomic E-state index is 1.14. The van der Waals surface area contributed by atoms with Gasteiger partial charge in [0.1, 0.15) is 0 Å². The SMILES string of the molecule is Cc1ccccc1SCCCCCBr. The van der Waals surface area contributed by atoms with E-state index in [9.17, 15) is 0 Å². The van der Waals surface area contributed by atoms with E-state index in [2.05, 4.69) is 47.1 Å². The Bertz CT molecular complexity index is 260. The molecule has 0 aromatic heterocycles. The van der Waals surface area contributed by atoms with Crippen molar-refractivity contribution in [2.45, 2.75) is 31.1 Å². The summed E-state index contributed by atoms with van der Waals surface area (Å²) < 4.78 is 0. The van der Waals surface area contributed by atoms with Crippen LogP contribution < -0.4 is 0 Å². The molecule has 1 aromatic rings. The average Bonchev–Trinajstić information content (AvgIpc) is 2.20. The van der Waals surface area contributed by atoms with E-state index in [4.69, 9.17) is 0 Å². The Morgan fingerprint density at radius 3 is 2.64 bits per heavy atom. The fraction of sp³-hybridized carbons (Fsp3) is 0.500. The van der Waals surface area contributed by atoms with Crippen molar-refractivity contribution < 1.29 is 0 Å². The van der Waals surface area contributed by atoms with Crippen molar-refractivity contribution in [1.82, 2.24) is 0 Å². The van der Waals surface area contributed by atoms with Crippen LogP contribution in [0.2, 0.25) is 0 Å². The Morgan fingerprint density at radius 2 is 1.93 bits per heavy atom. The molecule has 14 heavy (non-hydrogen) atoms. The molecule has 0 nitrogen and oxygen atoms in total. The van der Waals surface area contributed by atoms with Crippen molar-refractivity contribution in [3.05, 3.63) is 29.8 Å². The van der Waals surface area contributed by atoms with E-state index in [1.54, 1.807) is 0 Å². The Kier molecular flexibility index (Phi) is 6.37. The maximum absolute atomic E-state index is 3.45. The smallest absolute Gasteiger partial charge is 0.0101 e. The Hall–Kier alpha value is 0.0500. The predicted octanol–water partition coefficient (Wildman–Crippen LogP) is 4.65. The maximum Gasteiger partial charge on any atom is 0.0101 e. The van der Waals surface area contributed by atoms with Gasteiger partial charge in [0.25, 0.3) is 0 Å². The Labute approximate surface area is 99.6 Å². The molecule has 0 spiro atoms. The van der Waals surface area contributed by atoms with Crippen LogP contribution in [0.3, 0.4) is 0 Å². The third-order valence-corrected chi connectivity index (χ3v) is 3.95. The first-order chi connectivity index (χ1) is 6.84. The van der Waals surface area contributed by atoms with Gasteiger partial charge in [-0.2, -0.15) is 0 Å². The second-order valence-electron chi connectivity index (χ2n) is 3.36. The largest absolute Gasteiger partial charge is 0.126 e. The fourth-order valence-corrected chi connectivity index (χ4v) is 2.71. The molecule has 2 heteroatoms. The lowest BCUT2D eigenvalue weighted by molar-refractivity contribution is 0.788. The van der Waals surface area contributed by atoms with Gasteiger partial charge in [0.05, 0.1) is 0 Å². The number of hydrogen-bond acceptors (Lipinski definition) is 1. The fourth-order valence-electron chi connectivity index (χ4n) is 1.27. The summed E-state index contributed by atoms with van der Waals surface area (Å²) in [5, 5.41) is 1.14. The van der Waals surface area contributed by atoms with E-state index in [0.717, 1.165) is 5.33 Å². The summed E-state index contributed by atoms with van der Waals surface area (Å²) in [5.41, 5.74) is 1.40. The number of halogens is 1. The molecule has 0 aliphatic carbocycles. The van der Waals surface area contributed by atoms with Crippen molar-refractivity contribution in [3.63, 3.8) is 0 Å². The molecule has 78 valence electrons. The number of benzene rings is 1. The van der Waals surface area contributed by atoms with Crippen LogP contribution in [0.25, 0.3) is 0 Å². The third kappa shape index (κ3) is 4.52. The summed E-state index contributed by atoms with van der Waals surface area (Å²) in [6.07, 6.45) is 3.96. The molecule has 0 unspecified atom stereocenters. The van der Waals surface area contributed by atoms with Gasteiger partial charge in [-0.15, -0.1) is 11.8 Å². The molecular formula is C12H17BrS. The summed E-state index contributed by atoms with van der Waals surface area (Å²) in [4.78, 5) is 1.44. The van der Waals surface area contributed by atoms with E-state index in [-0.39, 0.29) is 0 Å². The standard InChI is InChI=1S/C12H17BrS/c1-11-7-3-4-8-12(11)14-10-6-2-5-9-13/h3-4,7-8H,2,5-6,9-10H2,1H3. The van der Waals surface area contributed by atoms with Crippen molar-refractivity contribution in [2.75, 3.05) is 11.1 Å². The van der Waals surface area contributed by atoms with Crippen LogP contribution in [0, 0.1) is 6.92 Å². The van der Waals surface area contributed by atoms with E-state index in [0.29, 0.717) is 0 Å². The van der Waals surface area contributed by atoms with E-state index in [1.807, 2.05) is 11.8 Å². The lowest BCUT2D eigenvalue weighted by atomic mass is 10.2. The molecule has 0 saturated heterocycles. The van der Waals surface area contributed by atoms with Gasteiger partial charge in [0, 0.05) is 10.2 Å². The Morgan fingerprint density at radius 1 is 1.14 bits per heavy atom. The van der Waals surface area contributed by atoms with Crippen LogP contribution in [0.5, 0.6) is 0 Å². The summed E-state index contributed by atoms with van der Waals surface area (Å²) >= 11 is 5.43. The van der Waals surface area contributed by atoms with Crippen molar-refractivity contribution in [1.29, 1.82) is 0 Å². The lowest BCUT2D eigenvalue weighted by Crippen LogP contribution is -1.84. The second kappa shape index (κ2) is 7.36. The van der Waals surface area contributed by atoms with Gasteiger partial charge in [0.2, 0.25) is 0 Å². The van der Waals surface area contributed by atoms with Gasteiger partial charge < -0.3 is 0 Å². The predicted molar refractivity (Wildman–Crippen MR) is 69.5 cm³/mol. The molecule has 0 N–H and O–H groups in total. The van der Waals surface area contributed by atoms with Crippen LogP contribution in [-0.4, -0.2) is 11.1 Å². The van der Waals surface area contributed by atoms with E-state index >= 15 is 0 Å². The molecule has 0 bridgehead atoms. The highest BCUT2D eigenvalue weighted by Gasteiger charge is 1.96. The highest BCUT2D eigenvalue weighted by Crippen LogP contribution is 2.22. The summed E-state index contributed by atoms with van der Waals surface area (Å²) in [7, 11) is 0. The minimum atomic E-state index is 1.14. The third-order valence-electron chi connectivity index (χ3n) is 2.13. The van der Waals surface area contributed by atoms with Crippen LogP contribution in [0.15, 0.2) is 29.2 Å². The normalized spacial score (nSPS) is 10.4. The molecule has 0 atom stereocenters. The first kappa shape index (κ1) is 12.1. The van der Waals surface area contributed by atoms with Crippen LogP contribution in [-0.2, 0) is 0 Å². The van der Waals surface area contributed by atoms with Gasteiger partial charge in [0.15, 0.2) is 0 Å². The first-order valence-corrected chi connectivity index (χ1v) is 7.19. The maximum atomic E-state index is 3.45. The van der Waals surface area contributed by atoms with Gasteiger partial charge in [-0.3, -0.25) is 0 Å². The number of unbranched alkanes of at least 4 members (excludes halogenated alkanes) is 2. The molecule has 1 rings (SSSR count). The van der Waals surface area contributed by atoms with Crippen molar-refractivity contribution in [3.8, 4) is 0 Å². The number of thioether (sulfide) groups is 1. The lowest BCUT2D eigenvalue weighted by Gasteiger charge is -2.04. The van der Waals surface area contributed by atoms with Crippen LogP contribution in [0.1, 0.15) is 24.8 Å². The van der Waals surface area contributed by atoms with Gasteiger partial charge in [-0.05, 0) is 37.1 Å². The second-order valence-corrected chi connectivity index (χ2v) is 5.29. The minimum Gasteiger partial charge on any atom is -0.126 e. The zero-order chi connectivity index (χ0) is 10.2. The molecule has 0 fully saturated rings. The molecule has 1 aromatic carbocycles. The average molecular weight is 273 g/mol. The molecule has 0 aliphatic heterocycles. The zero-order valence-electron chi connectivity index (χ0n) is 8.63. The molecule has 0 radical (unpaired) electrons. The molecule has 0 amide bonds. The summed E-state index contributed by atoms with van der Waals surface area (Å²) in [6.45, 7) is 2.18. The summed E-state index contributed by atoms with van der Waals surface area (Å²) in [6, 6.07) is 8.61. The summed E-state index contributed by atoms with van der Waals surface area (Å²) in [5.74, 6) is 1.25. The Balaban J connectivity index is 2.21.